The van der Waals surface area contributed by atoms with Crippen LogP contribution in [0, 0.1) is 0 Å². The lowest BCUT2D eigenvalue weighted by atomic mass is 10.2. The highest BCUT2D eigenvalue weighted by atomic mass is 32.1. The van der Waals surface area contributed by atoms with Gasteiger partial charge in [-0.1, -0.05) is 20.8 Å². The van der Waals surface area contributed by atoms with Crippen LogP contribution in [0.25, 0.3) is 0 Å². The molecule has 0 amide bonds. The maximum Gasteiger partial charge on any atom is 0.0954 e. The molecule has 2 heterocycles. The minimum absolute atomic E-state index is 0.553. The molecule has 4 heteroatoms. The first-order valence-corrected chi connectivity index (χ1v) is 7.47. The van der Waals surface area contributed by atoms with Crippen LogP contribution in [0.1, 0.15) is 43.8 Å². The van der Waals surface area contributed by atoms with E-state index in [0.717, 1.165) is 26.2 Å². The first-order chi connectivity index (χ1) is 8.20. The first-order valence-electron chi connectivity index (χ1n) is 6.59. The summed E-state index contributed by atoms with van der Waals surface area (Å²) in [5.74, 6) is 0.553. The van der Waals surface area contributed by atoms with Crippen molar-refractivity contribution >= 4 is 11.3 Å². The quantitative estimate of drug-likeness (QED) is 0.873. The van der Waals surface area contributed by atoms with Gasteiger partial charge >= 0.3 is 0 Å². The number of likely N-dealkylation sites (N-methyl/N-ethyl adjacent to an activating group) is 1. The van der Waals surface area contributed by atoms with E-state index < -0.39 is 0 Å². The van der Waals surface area contributed by atoms with Gasteiger partial charge in [-0.25, -0.2) is 4.98 Å². The molecule has 1 aliphatic heterocycles. The number of thiazole rings is 1. The Balaban J connectivity index is 1.97. The average Bonchev–Trinajstić information content (AvgIpc) is 2.96. The van der Waals surface area contributed by atoms with Crippen LogP contribution in [-0.4, -0.2) is 35.6 Å². The Morgan fingerprint density at radius 2 is 2.41 bits per heavy atom. The number of aromatic nitrogens is 1. The first kappa shape index (κ1) is 13.0. The molecule has 1 N–H and O–H groups in total. The predicted octanol–water partition coefficient (Wildman–Crippen LogP) is 2.45. The Morgan fingerprint density at radius 3 is 2.94 bits per heavy atom. The molecule has 0 spiro atoms. The number of hydrogen-bond acceptors (Lipinski definition) is 4. The van der Waals surface area contributed by atoms with Crippen molar-refractivity contribution in [1.82, 2.24) is 15.2 Å². The third kappa shape index (κ3) is 3.27. The van der Waals surface area contributed by atoms with Crippen molar-refractivity contribution in [2.75, 3.05) is 19.6 Å². The highest BCUT2D eigenvalue weighted by Crippen LogP contribution is 2.21. The molecule has 1 aromatic rings. The SMILES string of the molecule is CCN(Cc1csc(C(C)C)n1)C1CCNC1. The molecule has 1 saturated heterocycles. The molecule has 0 aromatic carbocycles. The van der Waals surface area contributed by atoms with Crippen molar-refractivity contribution in [1.29, 1.82) is 0 Å². The summed E-state index contributed by atoms with van der Waals surface area (Å²) in [6, 6.07) is 0.698. The van der Waals surface area contributed by atoms with Gasteiger partial charge in [-0.05, 0) is 19.5 Å². The van der Waals surface area contributed by atoms with Crippen LogP contribution in [0.5, 0.6) is 0 Å². The van der Waals surface area contributed by atoms with Gasteiger partial charge in [0.1, 0.15) is 0 Å². The molecule has 3 nitrogen and oxygen atoms in total. The van der Waals surface area contributed by atoms with Crippen LogP contribution in [0.3, 0.4) is 0 Å². The molecule has 1 unspecified atom stereocenters. The van der Waals surface area contributed by atoms with Crippen LogP contribution >= 0.6 is 11.3 Å². The number of rotatable bonds is 5. The molecule has 0 saturated carbocycles. The fourth-order valence-corrected chi connectivity index (χ4v) is 3.14. The standard InChI is InChI=1S/C13H23N3S/c1-4-16(12-5-6-14-7-12)8-11-9-17-13(15-11)10(2)3/h9-10,12,14H,4-8H2,1-3H3. The molecular formula is C13H23N3S. The number of nitrogens with one attached hydrogen (secondary N) is 1. The normalized spacial score (nSPS) is 20.6. The maximum absolute atomic E-state index is 4.73. The lowest BCUT2D eigenvalue weighted by molar-refractivity contribution is 0.208. The zero-order chi connectivity index (χ0) is 12.3. The summed E-state index contributed by atoms with van der Waals surface area (Å²) in [7, 11) is 0. The summed E-state index contributed by atoms with van der Waals surface area (Å²) in [5.41, 5.74) is 1.24. The molecular weight excluding hydrogens is 230 g/mol. The third-order valence-electron chi connectivity index (χ3n) is 3.39. The van der Waals surface area contributed by atoms with Gasteiger partial charge in [0.15, 0.2) is 0 Å². The van der Waals surface area contributed by atoms with Crippen LogP contribution in [0.4, 0.5) is 0 Å². The van der Waals surface area contributed by atoms with E-state index >= 15 is 0 Å². The Labute approximate surface area is 108 Å². The highest BCUT2D eigenvalue weighted by Gasteiger charge is 2.21. The summed E-state index contributed by atoms with van der Waals surface area (Å²) in [4.78, 5) is 7.27. The van der Waals surface area contributed by atoms with Gasteiger partial charge in [0.25, 0.3) is 0 Å². The molecule has 1 aromatic heterocycles. The van der Waals surface area contributed by atoms with E-state index in [1.54, 1.807) is 11.3 Å². The van der Waals surface area contributed by atoms with Crippen LogP contribution in [0.2, 0.25) is 0 Å². The van der Waals surface area contributed by atoms with Gasteiger partial charge < -0.3 is 5.32 Å². The van der Waals surface area contributed by atoms with Crippen LogP contribution in [-0.2, 0) is 6.54 Å². The fourth-order valence-electron chi connectivity index (χ4n) is 2.32. The van der Waals surface area contributed by atoms with Gasteiger partial charge in [-0.3, -0.25) is 4.90 Å². The average molecular weight is 253 g/mol. The molecule has 1 atom stereocenters. The summed E-state index contributed by atoms with van der Waals surface area (Å²) in [6.07, 6.45) is 1.27. The van der Waals surface area contributed by atoms with Crippen LogP contribution in [0.15, 0.2) is 5.38 Å². The zero-order valence-corrected chi connectivity index (χ0v) is 11.9. The van der Waals surface area contributed by atoms with Gasteiger partial charge in [0.05, 0.1) is 10.7 Å². The highest BCUT2D eigenvalue weighted by molar-refractivity contribution is 7.09. The molecule has 1 aliphatic rings. The predicted molar refractivity (Wildman–Crippen MR) is 73.6 cm³/mol. The second-order valence-electron chi connectivity index (χ2n) is 5.04. The van der Waals surface area contributed by atoms with Gasteiger partial charge in [0.2, 0.25) is 0 Å². The van der Waals surface area contributed by atoms with Gasteiger partial charge in [-0.2, -0.15) is 0 Å². The zero-order valence-electron chi connectivity index (χ0n) is 11.1. The molecule has 1 fully saturated rings. The summed E-state index contributed by atoms with van der Waals surface area (Å²) < 4.78 is 0. The minimum Gasteiger partial charge on any atom is -0.315 e. The van der Waals surface area contributed by atoms with E-state index in [1.807, 2.05) is 0 Å². The topological polar surface area (TPSA) is 28.2 Å². The largest absolute Gasteiger partial charge is 0.315 e. The molecule has 0 aliphatic carbocycles. The van der Waals surface area contributed by atoms with E-state index in [4.69, 9.17) is 4.98 Å². The van der Waals surface area contributed by atoms with Crippen molar-refractivity contribution in [2.45, 2.75) is 45.7 Å². The molecule has 2 rings (SSSR count). The van der Waals surface area contributed by atoms with E-state index in [9.17, 15) is 0 Å². The second kappa shape index (κ2) is 5.94. The molecule has 0 radical (unpaired) electrons. The Morgan fingerprint density at radius 1 is 1.59 bits per heavy atom. The minimum atomic E-state index is 0.553. The second-order valence-corrected chi connectivity index (χ2v) is 5.93. The van der Waals surface area contributed by atoms with Crippen molar-refractivity contribution in [3.05, 3.63) is 16.1 Å². The van der Waals surface area contributed by atoms with Gasteiger partial charge in [0, 0.05) is 30.4 Å². The Kier molecular flexibility index (Phi) is 4.54. The molecule has 0 bridgehead atoms. The van der Waals surface area contributed by atoms with Crippen molar-refractivity contribution in [3.63, 3.8) is 0 Å². The van der Waals surface area contributed by atoms with Crippen molar-refractivity contribution in [3.8, 4) is 0 Å². The van der Waals surface area contributed by atoms with Crippen LogP contribution < -0.4 is 5.32 Å². The summed E-state index contributed by atoms with van der Waals surface area (Å²) >= 11 is 1.80. The van der Waals surface area contributed by atoms with E-state index in [1.165, 1.54) is 17.1 Å². The summed E-state index contributed by atoms with van der Waals surface area (Å²) in [5, 5.41) is 6.92. The number of hydrogen-bond donors (Lipinski definition) is 1. The van der Waals surface area contributed by atoms with Crippen molar-refractivity contribution in [2.24, 2.45) is 0 Å². The molecule has 17 heavy (non-hydrogen) atoms. The van der Waals surface area contributed by atoms with Crippen molar-refractivity contribution < 1.29 is 0 Å². The van der Waals surface area contributed by atoms with Gasteiger partial charge in [-0.15, -0.1) is 11.3 Å². The fraction of sp³-hybridized carbons (Fsp3) is 0.769. The molecule has 96 valence electrons. The Bertz CT molecular complexity index is 342. The lowest BCUT2D eigenvalue weighted by Gasteiger charge is -2.25. The third-order valence-corrected chi connectivity index (χ3v) is 4.58. The monoisotopic (exact) mass is 253 g/mol. The smallest absolute Gasteiger partial charge is 0.0954 e. The Hall–Kier alpha value is -0.450. The number of nitrogens with zero attached hydrogens (tertiary/aromatic N) is 2. The van der Waals surface area contributed by atoms with E-state index in [2.05, 4.69) is 36.4 Å². The van der Waals surface area contributed by atoms with E-state index in [-0.39, 0.29) is 0 Å². The lowest BCUT2D eigenvalue weighted by Crippen LogP contribution is -2.36. The maximum atomic E-state index is 4.73. The van der Waals surface area contributed by atoms with E-state index in [0.29, 0.717) is 12.0 Å². The summed E-state index contributed by atoms with van der Waals surface area (Å²) in [6.45, 7) is 11.1.